The number of aromatic amines is 2. The van der Waals surface area contributed by atoms with Crippen LogP contribution in [0.15, 0.2) is 79.3 Å². The monoisotopic (exact) mass is 501 g/mol. The number of imidazole rings is 1. The Hall–Kier alpha value is -4.72. The SMILES string of the molecule is c1ccc(COc2cncc(-c3ccc4[nH]nc(-c5nc6nccc(N7CCCCC7)c6[nH]5)c4c3)c2)cc1. The summed E-state index contributed by atoms with van der Waals surface area (Å²) < 4.78 is 6.01. The maximum atomic E-state index is 6.01. The van der Waals surface area contributed by atoms with Gasteiger partial charge >= 0.3 is 0 Å². The zero-order valence-corrected chi connectivity index (χ0v) is 20.9. The summed E-state index contributed by atoms with van der Waals surface area (Å²) in [6.45, 7) is 2.62. The minimum Gasteiger partial charge on any atom is -0.487 e. The van der Waals surface area contributed by atoms with Crippen LogP contribution in [-0.4, -0.2) is 43.2 Å². The number of fused-ring (bicyclic) bond motifs is 2. The first-order valence-corrected chi connectivity index (χ1v) is 13.0. The van der Waals surface area contributed by atoms with Gasteiger partial charge in [-0.2, -0.15) is 5.10 Å². The minimum atomic E-state index is 0.496. The normalized spacial score (nSPS) is 13.8. The van der Waals surface area contributed by atoms with Crippen LogP contribution >= 0.6 is 0 Å². The predicted octanol–water partition coefficient (Wildman–Crippen LogP) is 6.13. The molecule has 1 fully saturated rings. The molecule has 0 unspecified atom stereocenters. The van der Waals surface area contributed by atoms with Crippen LogP contribution in [0.3, 0.4) is 0 Å². The molecule has 0 bridgehead atoms. The van der Waals surface area contributed by atoms with Crippen LogP contribution in [0.5, 0.6) is 5.75 Å². The molecule has 1 aliphatic heterocycles. The summed E-state index contributed by atoms with van der Waals surface area (Å²) in [4.78, 5) is 19.7. The number of piperidine rings is 1. The molecule has 2 aromatic carbocycles. The maximum Gasteiger partial charge on any atom is 0.180 e. The van der Waals surface area contributed by atoms with E-state index in [-0.39, 0.29) is 0 Å². The molecule has 2 N–H and O–H groups in total. The van der Waals surface area contributed by atoms with E-state index in [1.807, 2.05) is 42.7 Å². The summed E-state index contributed by atoms with van der Waals surface area (Å²) in [6.07, 6.45) is 9.16. The highest BCUT2D eigenvalue weighted by molar-refractivity contribution is 5.96. The molecule has 1 saturated heterocycles. The molecule has 5 heterocycles. The molecule has 7 rings (SSSR count). The first kappa shape index (κ1) is 22.5. The van der Waals surface area contributed by atoms with Crippen LogP contribution in [0, 0.1) is 0 Å². The Bertz CT molecular complexity index is 1720. The zero-order valence-electron chi connectivity index (χ0n) is 20.9. The number of pyridine rings is 2. The first-order valence-electron chi connectivity index (χ1n) is 13.0. The molecular formula is C30H27N7O. The number of anilines is 1. The smallest absolute Gasteiger partial charge is 0.180 e. The fraction of sp³-hybridized carbons (Fsp3) is 0.200. The lowest BCUT2D eigenvalue weighted by Crippen LogP contribution is -2.29. The van der Waals surface area contributed by atoms with E-state index in [9.17, 15) is 0 Å². The highest BCUT2D eigenvalue weighted by Crippen LogP contribution is 2.33. The van der Waals surface area contributed by atoms with Gasteiger partial charge in [-0.15, -0.1) is 0 Å². The van der Waals surface area contributed by atoms with Crippen LogP contribution in [-0.2, 0) is 6.61 Å². The van der Waals surface area contributed by atoms with E-state index in [0.717, 1.165) is 63.3 Å². The number of rotatable bonds is 6. The van der Waals surface area contributed by atoms with Crippen LogP contribution in [0.1, 0.15) is 24.8 Å². The third kappa shape index (κ3) is 4.24. The molecule has 0 spiro atoms. The number of nitrogens with one attached hydrogen (secondary N) is 2. The van der Waals surface area contributed by atoms with E-state index >= 15 is 0 Å². The van der Waals surface area contributed by atoms with Gasteiger partial charge in [-0.25, -0.2) is 9.97 Å². The fourth-order valence-corrected chi connectivity index (χ4v) is 5.18. The van der Waals surface area contributed by atoms with Gasteiger partial charge in [-0.05, 0) is 54.7 Å². The number of aromatic nitrogens is 6. The molecule has 0 atom stereocenters. The average molecular weight is 502 g/mol. The summed E-state index contributed by atoms with van der Waals surface area (Å²) in [5, 5.41) is 8.76. The van der Waals surface area contributed by atoms with Crippen molar-refractivity contribution in [3.05, 3.63) is 84.8 Å². The summed E-state index contributed by atoms with van der Waals surface area (Å²) >= 11 is 0. The number of nitrogens with zero attached hydrogens (tertiary/aromatic N) is 5. The van der Waals surface area contributed by atoms with Crippen molar-refractivity contribution < 1.29 is 4.74 Å². The average Bonchev–Trinajstić information content (AvgIpc) is 3.61. The van der Waals surface area contributed by atoms with E-state index in [4.69, 9.17) is 9.72 Å². The van der Waals surface area contributed by atoms with Gasteiger partial charge in [0, 0.05) is 36.4 Å². The minimum absolute atomic E-state index is 0.496. The standard InChI is InChI=1S/C30H27N7O/c1-3-7-20(8-4-1)19-38-23-15-22(17-31-18-23)21-9-10-25-24(16-21)27(36-35-25)30-33-28-26(11-12-32-29(28)34-30)37-13-5-2-6-14-37/h1,3-4,7-12,15-18H,2,5-6,13-14,19H2,(H,35,36)(H,32,33,34). The number of hydrogen-bond acceptors (Lipinski definition) is 6. The van der Waals surface area contributed by atoms with Crippen molar-refractivity contribution >= 4 is 27.8 Å². The van der Waals surface area contributed by atoms with Gasteiger partial charge < -0.3 is 14.6 Å². The molecular weight excluding hydrogens is 474 g/mol. The van der Waals surface area contributed by atoms with Crippen molar-refractivity contribution in [3.8, 4) is 28.4 Å². The highest BCUT2D eigenvalue weighted by Gasteiger charge is 2.19. The lowest BCUT2D eigenvalue weighted by atomic mass is 10.0. The van der Waals surface area contributed by atoms with Crippen molar-refractivity contribution in [3.63, 3.8) is 0 Å². The van der Waals surface area contributed by atoms with Crippen LogP contribution in [0.4, 0.5) is 5.69 Å². The van der Waals surface area contributed by atoms with E-state index < -0.39 is 0 Å². The third-order valence-corrected chi connectivity index (χ3v) is 7.15. The number of benzene rings is 2. The molecule has 38 heavy (non-hydrogen) atoms. The van der Waals surface area contributed by atoms with Crippen molar-refractivity contribution in [1.82, 2.24) is 30.1 Å². The van der Waals surface area contributed by atoms with Gasteiger partial charge in [0.15, 0.2) is 11.5 Å². The Morgan fingerprint density at radius 1 is 0.895 bits per heavy atom. The van der Waals surface area contributed by atoms with E-state index in [1.54, 1.807) is 6.20 Å². The second-order valence-corrected chi connectivity index (χ2v) is 9.68. The Morgan fingerprint density at radius 2 is 1.79 bits per heavy atom. The first-order chi connectivity index (χ1) is 18.8. The summed E-state index contributed by atoms with van der Waals surface area (Å²) in [5.41, 5.74) is 7.67. The third-order valence-electron chi connectivity index (χ3n) is 7.15. The maximum absolute atomic E-state index is 6.01. The van der Waals surface area contributed by atoms with Crippen LogP contribution < -0.4 is 9.64 Å². The van der Waals surface area contributed by atoms with Gasteiger partial charge in [0.2, 0.25) is 0 Å². The van der Waals surface area contributed by atoms with E-state index in [1.165, 1.54) is 19.3 Å². The molecule has 0 amide bonds. The van der Waals surface area contributed by atoms with Gasteiger partial charge in [-0.1, -0.05) is 36.4 Å². The summed E-state index contributed by atoms with van der Waals surface area (Å²) in [7, 11) is 0. The van der Waals surface area contributed by atoms with Crippen molar-refractivity contribution in [2.45, 2.75) is 25.9 Å². The number of ether oxygens (including phenoxy) is 1. The second-order valence-electron chi connectivity index (χ2n) is 9.68. The van der Waals surface area contributed by atoms with Crippen molar-refractivity contribution in [2.75, 3.05) is 18.0 Å². The Morgan fingerprint density at radius 3 is 2.68 bits per heavy atom. The predicted molar refractivity (Wildman–Crippen MR) is 149 cm³/mol. The fourth-order valence-electron chi connectivity index (χ4n) is 5.18. The summed E-state index contributed by atoms with van der Waals surface area (Å²) in [6, 6.07) is 20.5. The summed E-state index contributed by atoms with van der Waals surface area (Å²) in [5.74, 6) is 1.44. The lowest BCUT2D eigenvalue weighted by Gasteiger charge is -2.28. The quantitative estimate of drug-likeness (QED) is 0.285. The molecule has 8 nitrogen and oxygen atoms in total. The Kier molecular flexibility index (Phi) is 5.69. The molecule has 188 valence electrons. The number of H-pyrrole nitrogens is 2. The van der Waals surface area contributed by atoms with Crippen molar-refractivity contribution in [2.24, 2.45) is 0 Å². The largest absolute Gasteiger partial charge is 0.487 e. The zero-order chi connectivity index (χ0) is 25.3. The van der Waals surface area contributed by atoms with Gasteiger partial charge in [0.1, 0.15) is 23.6 Å². The van der Waals surface area contributed by atoms with Crippen LogP contribution in [0.2, 0.25) is 0 Å². The highest BCUT2D eigenvalue weighted by atomic mass is 16.5. The van der Waals surface area contributed by atoms with Gasteiger partial charge in [0.25, 0.3) is 0 Å². The van der Waals surface area contributed by atoms with Crippen LogP contribution in [0.25, 0.3) is 44.7 Å². The molecule has 1 aliphatic rings. The molecule has 0 aliphatic carbocycles. The van der Waals surface area contributed by atoms with Crippen molar-refractivity contribution in [1.29, 1.82) is 0 Å². The second kappa shape index (κ2) is 9.63. The lowest BCUT2D eigenvalue weighted by molar-refractivity contribution is 0.305. The molecule has 4 aromatic heterocycles. The number of hydrogen-bond donors (Lipinski definition) is 2. The molecule has 0 radical (unpaired) electrons. The van der Waals surface area contributed by atoms with E-state index in [0.29, 0.717) is 18.1 Å². The topological polar surface area (TPSA) is 95.6 Å². The van der Waals surface area contributed by atoms with Gasteiger partial charge in [0.05, 0.1) is 17.4 Å². The molecule has 6 aromatic rings. The molecule has 8 heteroatoms. The Balaban J connectivity index is 1.22. The van der Waals surface area contributed by atoms with Gasteiger partial charge in [-0.3, -0.25) is 10.1 Å². The Labute approximate surface area is 219 Å². The van der Waals surface area contributed by atoms with E-state index in [2.05, 4.69) is 60.4 Å². The molecule has 0 saturated carbocycles.